The quantitative estimate of drug-likeness (QED) is 0.810. The fraction of sp³-hybridized carbons (Fsp3) is 0.500. The van der Waals surface area contributed by atoms with Crippen LogP contribution in [0.3, 0.4) is 0 Å². The second kappa shape index (κ2) is 6.02. The summed E-state index contributed by atoms with van der Waals surface area (Å²) in [5.41, 5.74) is 0.779. The summed E-state index contributed by atoms with van der Waals surface area (Å²) in [6.07, 6.45) is 0. The first-order valence-corrected chi connectivity index (χ1v) is 7.50. The van der Waals surface area contributed by atoms with Crippen LogP contribution in [0.25, 0.3) is 0 Å². The maximum atomic E-state index is 11.3. The van der Waals surface area contributed by atoms with Crippen molar-refractivity contribution in [1.29, 1.82) is 0 Å². The van der Waals surface area contributed by atoms with Crippen LogP contribution < -0.4 is 5.32 Å². The van der Waals surface area contributed by atoms with E-state index < -0.39 is 9.84 Å². The zero-order valence-electron chi connectivity index (χ0n) is 10.2. The average molecular weight is 257 g/mol. The van der Waals surface area contributed by atoms with E-state index in [1.54, 1.807) is 19.1 Å². The largest absolute Gasteiger partial charge is 0.508 e. The van der Waals surface area contributed by atoms with Gasteiger partial charge in [0.25, 0.3) is 0 Å². The highest BCUT2D eigenvalue weighted by atomic mass is 32.2. The predicted octanol–water partition coefficient (Wildman–Crippen LogP) is 1.48. The van der Waals surface area contributed by atoms with Gasteiger partial charge < -0.3 is 10.4 Å². The summed E-state index contributed by atoms with van der Waals surface area (Å²) in [5.74, 6) is 0.520. The predicted molar refractivity (Wildman–Crippen MR) is 68.9 cm³/mol. The smallest absolute Gasteiger partial charge is 0.151 e. The molecule has 17 heavy (non-hydrogen) atoms. The molecule has 0 saturated heterocycles. The Kier molecular flexibility index (Phi) is 4.96. The van der Waals surface area contributed by atoms with Crippen LogP contribution in [0.15, 0.2) is 24.3 Å². The minimum Gasteiger partial charge on any atom is -0.508 e. The zero-order valence-corrected chi connectivity index (χ0v) is 11.0. The lowest BCUT2D eigenvalue weighted by molar-refractivity contribution is 0.454. The molecule has 1 atom stereocenters. The SMILES string of the molecule is CCS(=O)(=O)CCNC(C)c1ccccc1O. The molecule has 1 aromatic rings. The molecule has 0 aliphatic heterocycles. The lowest BCUT2D eigenvalue weighted by Crippen LogP contribution is -2.26. The summed E-state index contributed by atoms with van der Waals surface area (Å²) in [4.78, 5) is 0. The van der Waals surface area contributed by atoms with E-state index >= 15 is 0 Å². The van der Waals surface area contributed by atoms with Gasteiger partial charge in [-0.25, -0.2) is 8.42 Å². The Morgan fingerprint density at radius 2 is 2.00 bits per heavy atom. The van der Waals surface area contributed by atoms with Crippen LogP contribution in [0.1, 0.15) is 25.5 Å². The summed E-state index contributed by atoms with van der Waals surface area (Å²) in [5, 5.41) is 12.7. The standard InChI is InChI=1S/C12H19NO3S/c1-3-17(15,16)9-8-13-10(2)11-6-4-5-7-12(11)14/h4-7,10,13-14H,3,8-9H2,1-2H3. The monoisotopic (exact) mass is 257 g/mol. The molecular weight excluding hydrogens is 238 g/mol. The maximum absolute atomic E-state index is 11.3. The summed E-state index contributed by atoms with van der Waals surface area (Å²) in [6.45, 7) is 3.93. The molecule has 1 aromatic carbocycles. The van der Waals surface area contributed by atoms with Crippen LogP contribution in [0, 0.1) is 0 Å². The average Bonchev–Trinajstić information content (AvgIpc) is 2.29. The van der Waals surface area contributed by atoms with Crippen molar-refractivity contribution in [2.45, 2.75) is 19.9 Å². The number of benzene rings is 1. The van der Waals surface area contributed by atoms with Gasteiger partial charge in [-0.3, -0.25) is 0 Å². The van der Waals surface area contributed by atoms with Crippen LogP contribution >= 0.6 is 0 Å². The van der Waals surface area contributed by atoms with Gasteiger partial charge in [0, 0.05) is 23.9 Å². The van der Waals surface area contributed by atoms with E-state index in [4.69, 9.17) is 0 Å². The Hall–Kier alpha value is -1.07. The van der Waals surface area contributed by atoms with Gasteiger partial charge in [-0.15, -0.1) is 0 Å². The number of hydrogen-bond donors (Lipinski definition) is 2. The molecule has 0 aliphatic rings. The molecular formula is C12H19NO3S. The van der Waals surface area contributed by atoms with Crippen LogP contribution in [0.4, 0.5) is 0 Å². The number of para-hydroxylation sites is 1. The Labute approximate surface area is 103 Å². The lowest BCUT2D eigenvalue weighted by atomic mass is 10.1. The molecule has 1 unspecified atom stereocenters. The number of rotatable bonds is 6. The van der Waals surface area contributed by atoms with Gasteiger partial charge in [0.1, 0.15) is 5.75 Å². The Balaban J connectivity index is 2.51. The summed E-state index contributed by atoms with van der Waals surface area (Å²) < 4.78 is 22.6. The number of nitrogens with one attached hydrogen (secondary N) is 1. The number of aromatic hydroxyl groups is 1. The van der Waals surface area contributed by atoms with Gasteiger partial charge in [0.05, 0.1) is 5.75 Å². The molecule has 0 amide bonds. The Morgan fingerprint density at radius 1 is 1.35 bits per heavy atom. The molecule has 0 bridgehead atoms. The van der Waals surface area contributed by atoms with Crippen molar-refractivity contribution in [3.8, 4) is 5.75 Å². The first kappa shape index (κ1) is 14.0. The first-order chi connectivity index (χ1) is 7.96. The molecule has 0 radical (unpaired) electrons. The zero-order chi connectivity index (χ0) is 12.9. The minimum absolute atomic E-state index is 0.0664. The number of phenolic OH excluding ortho intramolecular Hbond substituents is 1. The third-order valence-corrected chi connectivity index (χ3v) is 4.41. The first-order valence-electron chi connectivity index (χ1n) is 5.68. The third-order valence-electron chi connectivity index (χ3n) is 2.71. The summed E-state index contributed by atoms with van der Waals surface area (Å²) in [6, 6.07) is 6.98. The van der Waals surface area contributed by atoms with E-state index in [-0.39, 0.29) is 23.3 Å². The second-order valence-electron chi connectivity index (χ2n) is 3.97. The number of sulfone groups is 1. The number of hydrogen-bond acceptors (Lipinski definition) is 4. The maximum Gasteiger partial charge on any atom is 0.151 e. The van der Waals surface area contributed by atoms with Crippen molar-refractivity contribution in [1.82, 2.24) is 5.32 Å². The molecule has 1 rings (SSSR count). The highest BCUT2D eigenvalue weighted by molar-refractivity contribution is 7.91. The van der Waals surface area contributed by atoms with E-state index in [0.717, 1.165) is 5.56 Å². The Morgan fingerprint density at radius 3 is 2.59 bits per heavy atom. The highest BCUT2D eigenvalue weighted by Crippen LogP contribution is 2.22. The van der Waals surface area contributed by atoms with Crippen molar-refractivity contribution >= 4 is 9.84 Å². The minimum atomic E-state index is -2.93. The van der Waals surface area contributed by atoms with E-state index in [0.29, 0.717) is 6.54 Å². The fourth-order valence-electron chi connectivity index (χ4n) is 1.54. The normalized spacial score (nSPS) is 13.5. The lowest BCUT2D eigenvalue weighted by Gasteiger charge is -2.15. The van der Waals surface area contributed by atoms with E-state index in [1.807, 2.05) is 19.1 Å². The van der Waals surface area contributed by atoms with E-state index in [9.17, 15) is 13.5 Å². The summed E-state index contributed by atoms with van der Waals surface area (Å²) in [7, 11) is -2.93. The molecule has 96 valence electrons. The molecule has 2 N–H and O–H groups in total. The van der Waals surface area contributed by atoms with Crippen molar-refractivity contribution in [3.05, 3.63) is 29.8 Å². The molecule has 4 nitrogen and oxygen atoms in total. The van der Waals surface area contributed by atoms with E-state index in [2.05, 4.69) is 5.32 Å². The molecule has 0 spiro atoms. The number of phenols is 1. The van der Waals surface area contributed by atoms with Gasteiger partial charge in [-0.1, -0.05) is 25.1 Å². The molecule has 0 fully saturated rings. The van der Waals surface area contributed by atoms with Crippen molar-refractivity contribution < 1.29 is 13.5 Å². The van der Waals surface area contributed by atoms with Gasteiger partial charge in [-0.05, 0) is 13.0 Å². The van der Waals surface area contributed by atoms with E-state index in [1.165, 1.54) is 0 Å². The van der Waals surface area contributed by atoms with Crippen molar-refractivity contribution in [3.63, 3.8) is 0 Å². The van der Waals surface area contributed by atoms with Crippen molar-refractivity contribution in [2.75, 3.05) is 18.1 Å². The van der Waals surface area contributed by atoms with Gasteiger partial charge in [0.2, 0.25) is 0 Å². The van der Waals surface area contributed by atoms with Crippen LogP contribution in [-0.2, 0) is 9.84 Å². The second-order valence-corrected chi connectivity index (χ2v) is 6.44. The Bertz CT molecular complexity index is 457. The molecule has 0 aromatic heterocycles. The van der Waals surface area contributed by atoms with Crippen molar-refractivity contribution in [2.24, 2.45) is 0 Å². The molecule has 0 aliphatic carbocycles. The van der Waals surface area contributed by atoms with Gasteiger partial charge in [-0.2, -0.15) is 0 Å². The molecule has 0 saturated carbocycles. The van der Waals surface area contributed by atoms with Crippen LogP contribution in [0.2, 0.25) is 0 Å². The van der Waals surface area contributed by atoms with Gasteiger partial charge >= 0.3 is 0 Å². The molecule has 0 heterocycles. The van der Waals surface area contributed by atoms with Crippen LogP contribution in [-0.4, -0.2) is 31.6 Å². The highest BCUT2D eigenvalue weighted by Gasteiger charge is 2.11. The molecule has 5 heteroatoms. The van der Waals surface area contributed by atoms with Gasteiger partial charge in [0.15, 0.2) is 9.84 Å². The fourth-order valence-corrected chi connectivity index (χ4v) is 2.26. The topological polar surface area (TPSA) is 66.4 Å². The van der Waals surface area contributed by atoms with Crippen LogP contribution in [0.5, 0.6) is 5.75 Å². The third kappa shape index (κ3) is 4.36. The summed E-state index contributed by atoms with van der Waals surface area (Å²) >= 11 is 0.